The van der Waals surface area contributed by atoms with Crippen LogP contribution in [0.15, 0.2) is 0 Å². The van der Waals surface area contributed by atoms with Gasteiger partial charge >= 0.3 is 5.97 Å². The van der Waals surface area contributed by atoms with Crippen LogP contribution in [0.5, 0.6) is 0 Å². The first-order chi connectivity index (χ1) is 9.11. The van der Waals surface area contributed by atoms with Crippen molar-refractivity contribution in [3.05, 3.63) is 0 Å². The van der Waals surface area contributed by atoms with Crippen molar-refractivity contribution in [3.63, 3.8) is 0 Å². The number of carbonyl (C=O) groups is 1. The molecule has 0 fully saturated rings. The number of nitrogens with one attached hydrogen (secondary N) is 1. The molecule has 0 aliphatic rings. The Kier molecular flexibility index (Phi) is 12.0. The Bertz CT molecular complexity index is 221. The van der Waals surface area contributed by atoms with Crippen LogP contribution in [0.1, 0.15) is 40.5 Å². The normalized spacial score (nSPS) is 12.7. The molecule has 19 heavy (non-hydrogen) atoms. The van der Waals surface area contributed by atoms with Crippen molar-refractivity contribution in [1.29, 1.82) is 0 Å². The monoisotopic (exact) mass is 275 g/mol. The van der Waals surface area contributed by atoms with Gasteiger partial charge in [-0.05, 0) is 40.2 Å². The Labute approximate surface area is 117 Å². The van der Waals surface area contributed by atoms with Gasteiger partial charge in [-0.3, -0.25) is 4.79 Å². The van der Waals surface area contributed by atoms with Gasteiger partial charge in [0.2, 0.25) is 0 Å². The average Bonchev–Trinajstić information content (AvgIpc) is 2.36. The fraction of sp³-hybridized carbons (Fsp3) is 0.929. The summed E-state index contributed by atoms with van der Waals surface area (Å²) in [6.07, 6.45) is 1.83. The summed E-state index contributed by atoms with van der Waals surface area (Å²) in [5.41, 5.74) is 0. The summed E-state index contributed by atoms with van der Waals surface area (Å²) in [6.45, 7) is 10.7. The third-order valence-corrected chi connectivity index (χ3v) is 2.44. The molecule has 5 heteroatoms. The van der Waals surface area contributed by atoms with E-state index in [0.717, 1.165) is 13.0 Å². The van der Waals surface area contributed by atoms with Crippen molar-refractivity contribution in [2.45, 2.75) is 52.7 Å². The van der Waals surface area contributed by atoms with Gasteiger partial charge in [-0.15, -0.1) is 0 Å². The van der Waals surface area contributed by atoms with Crippen LogP contribution in [-0.2, 0) is 19.0 Å². The highest BCUT2D eigenvalue weighted by atomic mass is 16.5. The third-order valence-electron chi connectivity index (χ3n) is 2.44. The summed E-state index contributed by atoms with van der Waals surface area (Å²) < 4.78 is 15.8. The van der Waals surface area contributed by atoms with Crippen LogP contribution in [0.3, 0.4) is 0 Å². The molecule has 0 amide bonds. The summed E-state index contributed by atoms with van der Waals surface area (Å²) in [6, 6.07) is -0.272. The molecule has 0 aromatic carbocycles. The number of rotatable bonds is 12. The van der Waals surface area contributed by atoms with Gasteiger partial charge in [-0.1, -0.05) is 6.92 Å². The number of esters is 1. The highest BCUT2D eigenvalue weighted by molar-refractivity contribution is 5.75. The summed E-state index contributed by atoms with van der Waals surface area (Å²) in [7, 11) is 0. The second-order valence-corrected chi connectivity index (χ2v) is 4.58. The molecule has 0 rings (SSSR count). The Morgan fingerprint density at radius 3 is 2.47 bits per heavy atom. The molecule has 5 nitrogen and oxygen atoms in total. The molecular weight excluding hydrogens is 246 g/mol. The fourth-order valence-electron chi connectivity index (χ4n) is 1.51. The molecule has 1 unspecified atom stereocenters. The average molecular weight is 275 g/mol. The lowest BCUT2D eigenvalue weighted by Gasteiger charge is -2.17. The fourth-order valence-corrected chi connectivity index (χ4v) is 1.51. The first-order valence-corrected chi connectivity index (χ1v) is 7.21. The van der Waals surface area contributed by atoms with E-state index in [1.807, 2.05) is 20.8 Å². The third kappa shape index (κ3) is 10.9. The molecule has 0 saturated carbocycles. The van der Waals surface area contributed by atoms with Crippen LogP contribution >= 0.6 is 0 Å². The lowest BCUT2D eigenvalue weighted by Crippen LogP contribution is -2.39. The van der Waals surface area contributed by atoms with Crippen LogP contribution in [0.25, 0.3) is 0 Å². The smallest absolute Gasteiger partial charge is 0.323 e. The van der Waals surface area contributed by atoms with Crippen LogP contribution in [0, 0.1) is 0 Å². The first-order valence-electron chi connectivity index (χ1n) is 7.21. The predicted octanol–water partition coefficient (Wildman–Crippen LogP) is 1.75. The zero-order valence-corrected chi connectivity index (χ0v) is 12.7. The van der Waals surface area contributed by atoms with Crippen molar-refractivity contribution in [2.24, 2.45) is 0 Å². The van der Waals surface area contributed by atoms with Crippen molar-refractivity contribution in [1.82, 2.24) is 5.32 Å². The summed E-state index contributed by atoms with van der Waals surface area (Å²) in [5.74, 6) is -0.196. The molecular formula is C14H29NO4. The molecule has 0 aliphatic carbocycles. The minimum absolute atomic E-state index is 0.196. The van der Waals surface area contributed by atoms with E-state index in [2.05, 4.69) is 12.2 Å². The van der Waals surface area contributed by atoms with Gasteiger partial charge in [0.05, 0.1) is 25.9 Å². The van der Waals surface area contributed by atoms with E-state index in [4.69, 9.17) is 14.2 Å². The SMILES string of the molecule is CCCNC(CCOCCOC(C)C)C(=O)OCC. The summed E-state index contributed by atoms with van der Waals surface area (Å²) in [5, 5.41) is 3.18. The highest BCUT2D eigenvalue weighted by Gasteiger charge is 2.18. The number of hydrogen-bond donors (Lipinski definition) is 1. The zero-order valence-electron chi connectivity index (χ0n) is 12.7. The quantitative estimate of drug-likeness (QED) is 0.434. The molecule has 0 radical (unpaired) electrons. The number of hydrogen-bond acceptors (Lipinski definition) is 5. The second kappa shape index (κ2) is 12.4. The topological polar surface area (TPSA) is 56.8 Å². The number of carbonyl (C=O) groups excluding carboxylic acids is 1. The Morgan fingerprint density at radius 1 is 1.16 bits per heavy atom. The predicted molar refractivity (Wildman–Crippen MR) is 75.2 cm³/mol. The molecule has 1 N–H and O–H groups in total. The van der Waals surface area contributed by atoms with E-state index >= 15 is 0 Å². The summed E-state index contributed by atoms with van der Waals surface area (Å²) in [4.78, 5) is 11.7. The maximum Gasteiger partial charge on any atom is 0.323 e. The number of ether oxygens (including phenoxy) is 3. The van der Waals surface area contributed by atoms with Crippen molar-refractivity contribution >= 4 is 5.97 Å². The van der Waals surface area contributed by atoms with Crippen molar-refractivity contribution in [2.75, 3.05) is 33.0 Å². The molecule has 0 saturated heterocycles. The standard InChI is InChI=1S/C14H29NO4/c1-5-8-15-13(14(16)18-6-2)7-9-17-10-11-19-12(3)4/h12-13,15H,5-11H2,1-4H3. The lowest BCUT2D eigenvalue weighted by atomic mass is 10.2. The minimum Gasteiger partial charge on any atom is -0.465 e. The Balaban J connectivity index is 3.76. The van der Waals surface area contributed by atoms with Crippen molar-refractivity contribution < 1.29 is 19.0 Å². The molecule has 114 valence electrons. The minimum atomic E-state index is -0.272. The lowest BCUT2D eigenvalue weighted by molar-refractivity contribution is -0.146. The van der Waals surface area contributed by atoms with E-state index in [1.54, 1.807) is 0 Å². The highest BCUT2D eigenvalue weighted by Crippen LogP contribution is 1.98. The molecule has 0 heterocycles. The summed E-state index contributed by atoms with van der Waals surface area (Å²) >= 11 is 0. The van der Waals surface area contributed by atoms with Gasteiger partial charge in [0, 0.05) is 6.61 Å². The van der Waals surface area contributed by atoms with E-state index < -0.39 is 0 Å². The van der Waals surface area contributed by atoms with Gasteiger partial charge in [-0.25, -0.2) is 0 Å². The first kappa shape index (κ1) is 18.4. The van der Waals surface area contributed by atoms with Gasteiger partial charge in [0.25, 0.3) is 0 Å². The molecule has 0 aromatic rings. The van der Waals surface area contributed by atoms with Gasteiger partial charge in [0.15, 0.2) is 0 Å². The van der Waals surface area contributed by atoms with E-state index in [-0.39, 0.29) is 18.1 Å². The maximum absolute atomic E-state index is 11.7. The van der Waals surface area contributed by atoms with Crippen LogP contribution in [-0.4, -0.2) is 51.1 Å². The van der Waals surface area contributed by atoms with Crippen LogP contribution in [0.2, 0.25) is 0 Å². The van der Waals surface area contributed by atoms with Crippen LogP contribution < -0.4 is 5.32 Å². The van der Waals surface area contributed by atoms with Gasteiger partial charge in [0.1, 0.15) is 6.04 Å². The Morgan fingerprint density at radius 2 is 1.89 bits per heavy atom. The van der Waals surface area contributed by atoms with Crippen molar-refractivity contribution in [3.8, 4) is 0 Å². The largest absolute Gasteiger partial charge is 0.465 e. The Hall–Kier alpha value is -0.650. The van der Waals surface area contributed by atoms with E-state index in [9.17, 15) is 4.79 Å². The van der Waals surface area contributed by atoms with Crippen LogP contribution in [0.4, 0.5) is 0 Å². The molecule has 0 spiro atoms. The zero-order chi connectivity index (χ0) is 14.5. The van der Waals surface area contributed by atoms with E-state index in [1.165, 1.54) is 0 Å². The molecule has 1 atom stereocenters. The molecule has 0 aliphatic heterocycles. The van der Waals surface area contributed by atoms with Gasteiger partial charge in [-0.2, -0.15) is 0 Å². The second-order valence-electron chi connectivity index (χ2n) is 4.58. The molecule has 0 aromatic heterocycles. The molecule has 0 bridgehead atoms. The maximum atomic E-state index is 11.7. The van der Waals surface area contributed by atoms with Gasteiger partial charge < -0.3 is 19.5 Å². The van der Waals surface area contributed by atoms with E-state index in [0.29, 0.717) is 32.8 Å².